The first-order chi connectivity index (χ1) is 7.27. The summed E-state index contributed by atoms with van der Waals surface area (Å²) in [5, 5.41) is 0. The second-order valence-electron chi connectivity index (χ2n) is 4.32. The third kappa shape index (κ3) is 1.74. The Kier molecular flexibility index (Phi) is 2.96. The molecule has 1 aromatic rings. The normalized spacial score (nSPS) is 20.2. The number of nitrogens with zero attached hydrogens (tertiary/aromatic N) is 1. The lowest BCUT2D eigenvalue weighted by Gasteiger charge is -2.37. The Morgan fingerprint density at radius 1 is 1.47 bits per heavy atom. The van der Waals surface area contributed by atoms with Crippen molar-refractivity contribution in [3.05, 3.63) is 29.3 Å². The lowest BCUT2D eigenvalue weighted by molar-refractivity contribution is 0.562. The maximum atomic E-state index is 5.80. The summed E-state index contributed by atoms with van der Waals surface area (Å²) in [6.07, 6.45) is 3.47. The van der Waals surface area contributed by atoms with E-state index >= 15 is 0 Å². The standard InChI is InChI=1S/C13H20N2/c1-3-10-5-4-6-11-7-8-12(9-14)15(2)13(10)11/h4-6,12H,3,7-9,14H2,1-2H3. The first kappa shape index (κ1) is 10.5. The zero-order valence-electron chi connectivity index (χ0n) is 9.66. The van der Waals surface area contributed by atoms with Crippen LogP contribution < -0.4 is 10.6 Å². The predicted octanol–water partition coefficient (Wildman–Crippen LogP) is 1.96. The van der Waals surface area contributed by atoms with Gasteiger partial charge in [0.1, 0.15) is 0 Å². The summed E-state index contributed by atoms with van der Waals surface area (Å²) in [5.74, 6) is 0. The molecule has 2 heteroatoms. The predicted molar refractivity (Wildman–Crippen MR) is 65.4 cm³/mol. The molecule has 0 radical (unpaired) electrons. The Morgan fingerprint density at radius 3 is 2.93 bits per heavy atom. The molecule has 15 heavy (non-hydrogen) atoms. The van der Waals surface area contributed by atoms with Crippen LogP contribution in [0.25, 0.3) is 0 Å². The van der Waals surface area contributed by atoms with Crippen LogP contribution in [-0.4, -0.2) is 19.6 Å². The summed E-state index contributed by atoms with van der Waals surface area (Å²) in [5.41, 5.74) is 10.2. The third-order valence-corrected chi connectivity index (χ3v) is 3.50. The third-order valence-electron chi connectivity index (χ3n) is 3.50. The molecule has 1 aliphatic rings. The maximum Gasteiger partial charge on any atom is 0.0431 e. The number of fused-ring (bicyclic) bond motifs is 1. The fourth-order valence-corrected chi connectivity index (χ4v) is 2.56. The SMILES string of the molecule is CCc1cccc2c1N(C)C(CN)CC2. The molecule has 0 aliphatic carbocycles. The van der Waals surface area contributed by atoms with Gasteiger partial charge in [0.05, 0.1) is 0 Å². The topological polar surface area (TPSA) is 29.3 Å². The number of hydrogen-bond donors (Lipinski definition) is 1. The molecule has 1 aromatic carbocycles. The van der Waals surface area contributed by atoms with Gasteiger partial charge in [0.2, 0.25) is 0 Å². The van der Waals surface area contributed by atoms with Gasteiger partial charge < -0.3 is 10.6 Å². The molecule has 0 aromatic heterocycles. The highest BCUT2D eigenvalue weighted by Crippen LogP contribution is 2.32. The summed E-state index contributed by atoms with van der Waals surface area (Å²) in [6, 6.07) is 7.17. The molecule has 2 rings (SSSR count). The number of aryl methyl sites for hydroxylation is 2. The van der Waals surface area contributed by atoms with Gasteiger partial charge in [-0.05, 0) is 30.4 Å². The number of anilines is 1. The Labute approximate surface area is 92.1 Å². The monoisotopic (exact) mass is 204 g/mol. The zero-order chi connectivity index (χ0) is 10.8. The number of nitrogens with two attached hydrogens (primary N) is 1. The number of hydrogen-bond acceptors (Lipinski definition) is 2. The van der Waals surface area contributed by atoms with Crippen molar-refractivity contribution in [2.75, 3.05) is 18.5 Å². The minimum atomic E-state index is 0.519. The van der Waals surface area contributed by atoms with E-state index in [0.717, 1.165) is 13.0 Å². The molecule has 2 nitrogen and oxygen atoms in total. The summed E-state index contributed by atoms with van der Waals surface area (Å²) >= 11 is 0. The summed E-state index contributed by atoms with van der Waals surface area (Å²) in [7, 11) is 2.18. The van der Waals surface area contributed by atoms with Crippen molar-refractivity contribution in [2.24, 2.45) is 5.73 Å². The molecule has 0 spiro atoms. The molecular weight excluding hydrogens is 184 g/mol. The second kappa shape index (κ2) is 4.23. The molecule has 0 amide bonds. The number of likely N-dealkylation sites (N-methyl/N-ethyl adjacent to an activating group) is 1. The van der Waals surface area contributed by atoms with Crippen LogP contribution in [0.5, 0.6) is 0 Å². The van der Waals surface area contributed by atoms with E-state index in [-0.39, 0.29) is 0 Å². The van der Waals surface area contributed by atoms with E-state index in [9.17, 15) is 0 Å². The molecule has 1 unspecified atom stereocenters. The van der Waals surface area contributed by atoms with Gasteiger partial charge in [-0.1, -0.05) is 25.1 Å². The van der Waals surface area contributed by atoms with Gasteiger partial charge in [-0.25, -0.2) is 0 Å². The van der Waals surface area contributed by atoms with Gasteiger partial charge in [0, 0.05) is 25.3 Å². The minimum Gasteiger partial charge on any atom is -0.370 e. The lowest BCUT2D eigenvalue weighted by atomic mass is 9.93. The van der Waals surface area contributed by atoms with E-state index in [0.29, 0.717) is 6.04 Å². The van der Waals surface area contributed by atoms with Crippen molar-refractivity contribution in [2.45, 2.75) is 32.2 Å². The van der Waals surface area contributed by atoms with Gasteiger partial charge in [-0.2, -0.15) is 0 Å². The van der Waals surface area contributed by atoms with Crippen molar-refractivity contribution in [1.82, 2.24) is 0 Å². The molecule has 1 aliphatic heterocycles. The van der Waals surface area contributed by atoms with E-state index < -0.39 is 0 Å². The largest absolute Gasteiger partial charge is 0.370 e. The first-order valence-corrected chi connectivity index (χ1v) is 5.81. The molecule has 0 bridgehead atoms. The van der Waals surface area contributed by atoms with E-state index in [1.54, 1.807) is 0 Å². The fourth-order valence-electron chi connectivity index (χ4n) is 2.56. The highest BCUT2D eigenvalue weighted by Gasteiger charge is 2.23. The lowest BCUT2D eigenvalue weighted by Crippen LogP contribution is -2.41. The molecule has 1 heterocycles. The highest BCUT2D eigenvalue weighted by molar-refractivity contribution is 5.61. The summed E-state index contributed by atoms with van der Waals surface area (Å²) < 4.78 is 0. The van der Waals surface area contributed by atoms with Crippen LogP contribution in [0, 0.1) is 0 Å². The average molecular weight is 204 g/mol. The van der Waals surface area contributed by atoms with Crippen LogP contribution in [0.3, 0.4) is 0 Å². The second-order valence-corrected chi connectivity index (χ2v) is 4.32. The smallest absolute Gasteiger partial charge is 0.0431 e. The molecule has 0 saturated heterocycles. The summed E-state index contributed by atoms with van der Waals surface area (Å²) in [6.45, 7) is 2.98. The van der Waals surface area contributed by atoms with Crippen molar-refractivity contribution >= 4 is 5.69 Å². The minimum absolute atomic E-state index is 0.519. The van der Waals surface area contributed by atoms with Crippen molar-refractivity contribution in [3.8, 4) is 0 Å². The van der Waals surface area contributed by atoms with Crippen LogP contribution in [0.1, 0.15) is 24.5 Å². The molecular formula is C13H20N2. The Hall–Kier alpha value is -1.02. The zero-order valence-corrected chi connectivity index (χ0v) is 9.66. The van der Waals surface area contributed by atoms with Crippen molar-refractivity contribution < 1.29 is 0 Å². The molecule has 0 saturated carbocycles. The number of benzene rings is 1. The Bertz CT molecular complexity index is 332. The van der Waals surface area contributed by atoms with Crippen LogP contribution in [0.15, 0.2) is 18.2 Å². The Balaban J connectivity index is 2.43. The van der Waals surface area contributed by atoms with Gasteiger partial charge in [-0.15, -0.1) is 0 Å². The van der Waals surface area contributed by atoms with Crippen LogP contribution >= 0.6 is 0 Å². The molecule has 82 valence electrons. The summed E-state index contributed by atoms with van der Waals surface area (Å²) in [4.78, 5) is 2.37. The Morgan fingerprint density at radius 2 is 2.27 bits per heavy atom. The number of para-hydroxylation sites is 1. The molecule has 1 atom stereocenters. The van der Waals surface area contributed by atoms with Crippen LogP contribution in [0.4, 0.5) is 5.69 Å². The van der Waals surface area contributed by atoms with Gasteiger partial charge in [0.25, 0.3) is 0 Å². The number of rotatable bonds is 2. The van der Waals surface area contributed by atoms with E-state index in [1.165, 1.54) is 29.7 Å². The van der Waals surface area contributed by atoms with E-state index in [4.69, 9.17) is 5.73 Å². The average Bonchev–Trinajstić information content (AvgIpc) is 2.29. The fraction of sp³-hybridized carbons (Fsp3) is 0.538. The molecule has 0 fully saturated rings. The van der Waals surface area contributed by atoms with Crippen LogP contribution in [0.2, 0.25) is 0 Å². The maximum absolute atomic E-state index is 5.80. The van der Waals surface area contributed by atoms with Gasteiger partial charge in [-0.3, -0.25) is 0 Å². The van der Waals surface area contributed by atoms with Gasteiger partial charge in [0.15, 0.2) is 0 Å². The van der Waals surface area contributed by atoms with Crippen molar-refractivity contribution in [1.29, 1.82) is 0 Å². The van der Waals surface area contributed by atoms with Gasteiger partial charge >= 0.3 is 0 Å². The first-order valence-electron chi connectivity index (χ1n) is 5.81. The van der Waals surface area contributed by atoms with E-state index in [1.807, 2.05) is 0 Å². The molecule has 2 N–H and O–H groups in total. The van der Waals surface area contributed by atoms with Crippen molar-refractivity contribution in [3.63, 3.8) is 0 Å². The highest BCUT2D eigenvalue weighted by atomic mass is 15.2. The van der Waals surface area contributed by atoms with Crippen LogP contribution in [-0.2, 0) is 12.8 Å². The quantitative estimate of drug-likeness (QED) is 0.798. The van der Waals surface area contributed by atoms with E-state index in [2.05, 4.69) is 37.1 Å².